The number of hydrogen-bond donors (Lipinski definition) is 1. The molecule has 0 saturated heterocycles. The lowest BCUT2D eigenvalue weighted by molar-refractivity contribution is 0.115. The molecule has 4 nitrogen and oxygen atoms in total. The van der Waals surface area contributed by atoms with E-state index in [0.29, 0.717) is 13.0 Å². The van der Waals surface area contributed by atoms with Gasteiger partial charge in [0.25, 0.3) is 0 Å². The highest BCUT2D eigenvalue weighted by Crippen LogP contribution is 2.28. The van der Waals surface area contributed by atoms with Crippen molar-refractivity contribution in [2.45, 2.75) is 19.3 Å². The smallest absolute Gasteiger partial charge is 0.193 e. The zero-order valence-corrected chi connectivity index (χ0v) is 13.7. The molecule has 1 N–H and O–H groups in total. The van der Waals surface area contributed by atoms with Gasteiger partial charge in [-0.25, -0.2) is 0 Å². The zero-order valence-electron chi connectivity index (χ0n) is 11.3. The van der Waals surface area contributed by atoms with Crippen LogP contribution in [-0.4, -0.2) is 57.9 Å². The molecule has 1 aliphatic rings. The molecule has 0 heterocycles. The molecular weight excluding hydrogens is 348 g/mol. The summed E-state index contributed by atoms with van der Waals surface area (Å²) in [4.78, 5) is 6.14. The quantitative estimate of drug-likeness (QED) is 0.306. The SMILES string of the molecule is CN=C(NCCCF)N(C)CCOCC1CC1.I. The van der Waals surface area contributed by atoms with Gasteiger partial charge in [0.15, 0.2) is 5.96 Å². The zero-order chi connectivity index (χ0) is 12.5. The second-order valence-corrected chi connectivity index (χ2v) is 4.46. The van der Waals surface area contributed by atoms with E-state index in [2.05, 4.69) is 10.3 Å². The molecule has 0 bridgehead atoms. The van der Waals surface area contributed by atoms with Gasteiger partial charge in [-0.1, -0.05) is 0 Å². The van der Waals surface area contributed by atoms with Crippen LogP contribution in [0.15, 0.2) is 4.99 Å². The average Bonchev–Trinajstić information content (AvgIpc) is 3.14. The van der Waals surface area contributed by atoms with Crippen molar-refractivity contribution in [3.63, 3.8) is 0 Å². The Balaban J connectivity index is 0.00000289. The number of alkyl halides is 1. The van der Waals surface area contributed by atoms with Crippen molar-refractivity contribution in [3.8, 4) is 0 Å². The molecule has 1 fully saturated rings. The van der Waals surface area contributed by atoms with Crippen LogP contribution in [-0.2, 0) is 4.74 Å². The topological polar surface area (TPSA) is 36.9 Å². The summed E-state index contributed by atoms with van der Waals surface area (Å²) in [7, 11) is 3.70. The molecule has 6 heteroatoms. The van der Waals surface area contributed by atoms with Crippen molar-refractivity contribution in [1.29, 1.82) is 0 Å². The predicted molar refractivity (Wildman–Crippen MR) is 83.5 cm³/mol. The molecular formula is C12H25FIN3O. The monoisotopic (exact) mass is 373 g/mol. The van der Waals surface area contributed by atoms with E-state index in [0.717, 1.165) is 31.6 Å². The van der Waals surface area contributed by atoms with E-state index < -0.39 is 0 Å². The second-order valence-electron chi connectivity index (χ2n) is 4.46. The highest BCUT2D eigenvalue weighted by molar-refractivity contribution is 14.0. The Morgan fingerprint density at radius 1 is 1.50 bits per heavy atom. The van der Waals surface area contributed by atoms with E-state index in [-0.39, 0.29) is 30.7 Å². The minimum atomic E-state index is -0.293. The Kier molecular flexibility index (Phi) is 10.7. The van der Waals surface area contributed by atoms with Gasteiger partial charge >= 0.3 is 0 Å². The number of rotatable bonds is 8. The second kappa shape index (κ2) is 10.8. The van der Waals surface area contributed by atoms with Gasteiger partial charge in [0.05, 0.1) is 13.3 Å². The Morgan fingerprint density at radius 3 is 2.78 bits per heavy atom. The van der Waals surface area contributed by atoms with Crippen LogP contribution in [0.3, 0.4) is 0 Å². The van der Waals surface area contributed by atoms with Crippen LogP contribution in [0.5, 0.6) is 0 Å². The van der Waals surface area contributed by atoms with E-state index in [4.69, 9.17) is 4.74 Å². The van der Waals surface area contributed by atoms with E-state index in [9.17, 15) is 4.39 Å². The first kappa shape index (κ1) is 17.9. The molecule has 0 amide bonds. The summed E-state index contributed by atoms with van der Waals surface area (Å²) in [6.45, 7) is 2.75. The number of ether oxygens (including phenoxy) is 1. The van der Waals surface area contributed by atoms with Gasteiger partial charge in [-0.05, 0) is 25.2 Å². The molecule has 18 heavy (non-hydrogen) atoms. The fourth-order valence-electron chi connectivity index (χ4n) is 1.49. The fourth-order valence-corrected chi connectivity index (χ4v) is 1.49. The summed E-state index contributed by atoms with van der Waals surface area (Å²) < 4.78 is 17.5. The van der Waals surface area contributed by atoms with E-state index in [1.807, 2.05) is 11.9 Å². The summed E-state index contributed by atoms with van der Waals surface area (Å²) >= 11 is 0. The maximum absolute atomic E-state index is 12.0. The number of nitrogens with zero attached hydrogens (tertiary/aromatic N) is 2. The predicted octanol–water partition coefficient (Wildman–Crippen LogP) is 1.90. The molecule has 0 aromatic rings. The summed E-state index contributed by atoms with van der Waals surface area (Å²) in [6.07, 6.45) is 3.16. The standard InChI is InChI=1S/C12H24FN3O.HI/c1-14-12(15-7-3-6-13)16(2)8-9-17-10-11-4-5-11;/h11H,3-10H2,1-2H3,(H,14,15);1H. The average molecular weight is 373 g/mol. The highest BCUT2D eigenvalue weighted by atomic mass is 127. The number of hydrogen-bond acceptors (Lipinski definition) is 2. The first-order chi connectivity index (χ1) is 8.27. The molecule has 0 aliphatic heterocycles. The van der Waals surface area contributed by atoms with Crippen LogP contribution < -0.4 is 5.32 Å². The third-order valence-electron chi connectivity index (χ3n) is 2.79. The molecule has 0 spiro atoms. The van der Waals surface area contributed by atoms with Crippen LogP contribution in [0.2, 0.25) is 0 Å². The Bertz CT molecular complexity index is 237. The molecule has 0 aromatic heterocycles. The van der Waals surface area contributed by atoms with Crippen molar-refractivity contribution in [1.82, 2.24) is 10.2 Å². The van der Waals surface area contributed by atoms with Gasteiger partial charge in [-0.2, -0.15) is 0 Å². The van der Waals surface area contributed by atoms with Crippen molar-refractivity contribution >= 4 is 29.9 Å². The maximum atomic E-state index is 12.0. The summed E-state index contributed by atoms with van der Waals surface area (Å²) in [5, 5.41) is 3.11. The Morgan fingerprint density at radius 2 is 2.22 bits per heavy atom. The fraction of sp³-hybridized carbons (Fsp3) is 0.917. The van der Waals surface area contributed by atoms with Crippen molar-refractivity contribution in [3.05, 3.63) is 0 Å². The first-order valence-electron chi connectivity index (χ1n) is 6.33. The summed E-state index contributed by atoms with van der Waals surface area (Å²) in [6, 6.07) is 0. The van der Waals surface area contributed by atoms with E-state index in [1.54, 1.807) is 7.05 Å². The van der Waals surface area contributed by atoms with E-state index >= 15 is 0 Å². The highest BCUT2D eigenvalue weighted by Gasteiger charge is 2.21. The third kappa shape index (κ3) is 8.07. The lowest BCUT2D eigenvalue weighted by atomic mass is 10.4. The summed E-state index contributed by atoms with van der Waals surface area (Å²) in [5.41, 5.74) is 0. The summed E-state index contributed by atoms with van der Waals surface area (Å²) in [5.74, 6) is 1.61. The normalized spacial score (nSPS) is 15.2. The van der Waals surface area contributed by atoms with Gasteiger partial charge < -0.3 is 15.0 Å². The number of aliphatic imine (C=N–C) groups is 1. The lowest BCUT2D eigenvalue weighted by Gasteiger charge is -2.21. The molecule has 0 radical (unpaired) electrons. The van der Waals surface area contributed by atoms with Crippen LogP contribution >= 0.6 is 24.0 Å². The number of guanidine groups is 1. The molecule has 0 aromatic carbocycles. The van der Waals surface area contributed by atoms with Gasteiger partial charge in [-0.15, -0.1) is 24.0 Å². The van der Waals surface area contributed by atoms with Crippen molar-refractivity contribution in [2.24, 2.45) is 10.9 Å². The molecule has 0 atom stereocenters. The van der Waals surface area contributed by atoms with Crippen LogP contribution in [0.4, 0.5) is 4.39 Å². The van der Waals surface area contributed by atoms with Crippen molar-refractivity contribution in [2.75, 3.05) is 47.1 Å². The minimum absolute atomic E-state index is 0. The maximum Gasteiger partial charge on any atom is 0.193 e. The lowest BCUT2D eigenvalue weighted by Crippen LogP contribution is -2.41. The van der Waals surface area contributed by atoms with Crippen molar-refractivity contribution < 1.29 is 9.13 Å². The molecule has 1 rings (SSSR count). The van der Waals surface area contributed by atoms with Gasteiger partial charge in [-0.3, -0.25) is 9.38 Å². The van der Waals surface area contributed by atoms with Gasteiger partial charge in [0, 0.05) is 33.8 Å². The van der Waals surface area contributed by atoms with E-state index in [1.165, 1.54) is 12.8 Å². The van der Waals surface area contributed by atoms with Crippen LogP contribution in [0.25, 0.3) is 0 Å². The molecule has 108 valence electrons. The number of halogens is 2. The largest absolute Gasteiger partial charge is 0.379 e. The first-order valence-corrected chi connectivity index (χ1v) is 6.33. The molecule has 0 unspecified atom stereocenters. The minimum Gasteiger partial charge on any atom is -0.379 e. The third-order valence-corrected chi connectivity index (χ3v) is 2.79. The molecule has 1 aliphatic carbocycles. The molecule has 1 saturated carbocycles. The number of likely N-dealkylation sites (N-methyl/N-ethyl adjacent to an activating group) is 1. The van der Waals surface area contributed by atoms with Crippen LogP contribution in [0, 0.1) is 5.92 Å². The number of nitrogens with one attached hydrogen (secondary N) is 1. The van der Waals surface area contributed by atoms with Gasteiger partial charge in [0.1, 0.15) is 0 Å². The van der Waals surface area contributed by atoms with Crippen LogP contribution in [0.1, 0.15) is 19.3 Å². The Hall–Kier alpha value is -0.110. The van der Waals surface area contributed by atoms with Gasteiger partial charge in [0.2, 0.25) is 0 Å². The Labute approximate surface area is 126 Å².